The molecule has 0 spiro atoms. The number of para-hydroxylation sites is 1. The lowest BCUT2D eigenvalue weighted by atomic mass is 10.3. The summed E-state index contributed by atoms with van der Waals surface area (Å²) in [5.74, 6) is -1.12. The number of thiol groups is 1. The van der Waals surface area contributed by atoms with Crippen LogP contribution >= 0.6 is 0 Å². The van der Waals surface area contributed by atoms with Crippen LogP contribution in [0.5, 0.6) is 5.75 Å². The Labute approximate surface area is 70.7 Å². The minimum Gasteiger partial charge on any atom is -0.506 e. The lowest BCUT2D eigenvalue weighted by Crippen LogP contribution is -2.15. The maximum absolute atomic E-state index is 11.2. The van der Waals surface area contributed by atoms with Crippen LogP contribution in [-0.4, -0.2) is 24.9 Å². The van der Waals surface area contributed by atoms with Gasteiger partial charge in [0, 0.05) is 0 Å². The molecule has 0 aliphatic carbocycles. The first-order chi connectivity index (χ1) is 5.58. The second-order valence-corrected chi connectivity index (χ2v) is 4.50. The summed E-state index contributed by atoms with van der Waals surface area (Å²) in [7, 11) is -3.76. The Hall–Kier alpha value is -0.910. The van der Waals surface area contributed by atoms with Crippen LogP contribution in [-0.2, 0) is 10.2 Å². The van der Waals surface area contributed by atoms with E-state index in [4.69, 9.17) is 14.8 Å². The lowest BCUT2D eigenvalue weighted by Gasteiger charge is -2.20. The summed E-state index contributed by atoms with van der Waals surface area (Å²) < 4.78 is 20.3. The SMILES string of the molecule is O=[SH](O)(CO)c1ccccc1O. The fourth-order valence-electron chi connectivity index (χ4n) is 0.836. The van der Waals surface area contributed by atoms with E-state index in [2.05, 4.69) is 0 Å². The van der Waals surface area contributed by atoms with Crippen LogP contribution in [0.4, 0.5) is 0 Å². The van der Waals surface area contributed by atoms with E-state index in [0.717, 1.165) is 0 Å². The molecule has 3 N–H and O–H groups in total. The van der Waals surface area contributed by atoms with Gasteiger partial charge in [0.05, 0.1) is 4.90 Å². The molecular formula is C7H10O4S. The van der Waals surface area contributed by atoms with Gasteiger partial charge in [-0.05, 0) is 12.1 Å². The summed E-state index contributed by atoms with van der Waals surface area (Å²) >= 11 is 0. The van der Waals surface area contributed by atoms with Crippen molar-refractivity contribution in [2.24, 2.45) is 0 Å². The van der Waals surface area contributed by atoms with Crippen molar-refractivity contribution in [3.05, 3.63) is 24.3 Å². The zero-order chi connectivity index (χ0) is 9.19. The Morgan fingerprint density at radius 1 is 1.33 bits per heavy atom. The zero-order valence-corrected chi connectivity index (χ0v) is 7.11. The molecule has 0 aliphatic rings. The van der Waals surface area contributed by atoms with E-state index in [9.17, 15) is 4.21 Å². The lowest BCUT2D eigenvalue weighted by molar-refractivity contribution is 0.345. The number of aromatic hydroxyl groups is 1. The molecule has 0 amide bonds. The molecule has 0 heterocycles. The van der Waals surface area contributed by atoms with Crippen molar-refractivity contribution in [2.75, 3.05) is 5.94 Å². The molecular weight excluding hydrogens is 180 g/mol. The highest BCUT2D eigenvalue weighted by atomic mass is 32.3. The van der Waals surface area contributed by atoms with Gasteiger partial charge < -0.3 is 10.2 Å². The first kappa shape index (κ1) is 9.18. The summed E-state index contributed by atoms with van der Waals surface area (Å²) in [5, 5.41) is 17.7. The molecule has 1 aromatic carbocycles. The molecule has 0 saturated carbocycles. The second-order valence-electron chi connectivity index (χ2n) is 2.33. The van der Waals surface area contributed by atoms with Crippen molar-refractivity contribution in [1.29, 1.82) is 0 Å². The molecule has 0 saturated heterocycles. The molecule has 0 atom stereocenters. The molecule has 0 radical (unpaired) electrons. The zero-order valence-electron chi connectivity index (χ0n) is 6.21. The molecule has 0 aromatic heterocycles. The van der Waals surface area contributed by atoms with Gasteiger partial charge in [-0.2, -0.15) is 0 Å². The maximum atomic E-state index is 11.2. The van der Waals surface area contributed by atoms with Crippen molar-refractivity contribution in [2.45, 2.75) is 4.90 Å². The Kier molecular flexibility index (Phi) is 2.46. The van der Waals surface area contributed by atoms with E-state index >= 15 is 0 Å². The van der Waals surface area contributed by atoms with Crippen LogP contribution < -0.4 is 0 Å². The maximum Gasteiger partial charge on any atom is 0.137 e. The molecule has 0 unspecified atom stereocenters. The van der Waals surface area contributed by atoms with Crippen LogP contribution in [0.2, 0.25) is 0 Å². The number of benzene rings is 1. The standard InChI is InChI=1S/C7H10O4S/c8-5-12(10,11)7-4-2-1-3-6(7)9/h1-4,8-9,12H,5H2,(H,10,11). The fraction of sp³-hybridized carbons (Fsp3) is 0.143. The van der Waals surface area contributed by atoms with Gasteiger partial charge in [-0.1, -0.05) is 12.1 Å². The fourth-order valence-corrected chi connectivity index (χ4v) is 1.74. The highest BCUT2D eigenvalue weighted by Crippen LogP contribution is 2.25. The van der Waals surface area contributed by atoms with Crippen molar-refractivity contribution < 1.29 is 19.0 Å². The molecule has 12 heavy (non-hydrogen) atoms. The minimum atomic E-state index is -3.76. The average Bonchev–Trinajstić information content (AvgIpc) is 2.05. The summed E-state index contributed by atoms with van der Waals surface area (Å²) in [6.07, 6.45) is 0. The number of phenolic OH excluding ortho intramolecular Hbond substituents is 1. The molecule has 0 bridgehead atoms. The van der Waals surface area contributed by atoms with Gasteiger partial charge >= 0.3 is 0 Å². The van der Waals surface area contributed by atoms with Crippen LogP contribution in [0.15, 0.2) is 29.2 Å². The topological polar surface area (TPSA) is 77.8 Å². The van der Waals surface area contributed by atoms with E-state index < -0.39 is 16.2 Å². The molecule has 0 aliphatic heterocycles. The highest BCUT2D eigenvalue weighted by molar-refractivity contribution is 7.97. The number of aliphatic hydroxyl groups is 1. The first-order valence-electron chi connectivity index (χ1n) is 3.29. The van der Waals surface area contributed by atoms with Crippen molar-refractivity contribution in [3.8, 4) is 5.75 Å². The Bertz CT molecular complexity index is 323. The summed E-state index contributed by atoms with van der Waals surface area (Å²) in [4.78, 5) is -0.104. The van der Waals surface area contributed by atoms with E-state index in [-0.39, 0.29) is 10.6 Å². The number of hydrogen-bond acceptors (Lipinski definition) is 3. The van der Waals surface area contributed by atoms with E-state index in [1.165, 1.54) is 24.3 Å². The largest absolute Gasteiger partial charge is 0.506 e. The van der Waals surface area contributed by atoms with Gasteiger partial charge in [-0.15, -0.1) is 10.2 Å². The van der Waals surface area contributed by atoms with Gasteiger partial charge in [0.15, 0.2) is 0 Å². The van der Waals surface area contributed by atoms with Crippen LogP contribution in [0.1, 0.15) is 0 Å². The summed E-state index contributed by atoms with van der Waals surface area (Å²) in [6, 6.07) is 5.67. The second kappa shape index (κ2) is 3.22. The normalized spacial score (nSPS) is 12.8. The molecule has 4 nitrogen and oxygen atoms in total. The van der Waals surface area contributed by atoms with Crippen molar-refractivity contribution >= 4 is 10.2 Å². The molecule has 68 valence electrons. The van der Waals surface area contributed by atoms with Gasteiger partial charge in [0.1, 0.15) is 11.7 Å². The minimum absolute atomic E-state index is 0.104. The molecule has 1 rings (SSSR count). The third-order valence-electron chi connectivity index (χ3n) is 1.45. The summed E-state index contributed by atoms with van der Waals surface area (Å²) in [6.45, 7) is 0. The molecule has 5 heteroatoms. The predicted molar refractivity (Wildman–Crippen MR) is 45.6 cm³/mol. The quantitative estimate of drug-likeness (QED) is 0.502. The Morgan fingerprint density at radius 3 is 2.42 bits per heavy atom. The van der Waals surface area contributed by atoms with E-state index in [1.54, 1.807) is 0 Å². The number of aliphatic hydroxyl groups excluding tert-OH is 1. The van der Waals surface area contributed by atoms with Gasteiger partial charge in [-0.25, -0.2) is 4.21 Å². The molecule has 1 aromatic rings. The smallest absolute Gasteiger partial charge is 0.137 e. The first-order valence-corrected chi connectivity index (χ1v) is 5.13. The van der Waals surface area contributed by atoms with Crippen molar-refractivity contribution in [1.82, 2.24) is 0 Å². The highest BCUT2D eigenvalue weighted by Gasteiger charge is 2.11. The van der Waals surface area contributed by atoms with E-state index in [0.29, 0.717) is 0 Å². The van der Waals surface area contributed by atoms with E-state index in [1.807, 2.05) is 0 Å². The van der Waals surface area contributed by atoms with Crippen LogP contribution in [0, 0.1) is 0 Å². The van der Waals surface area contributed by atoms with Crippen molar-refractivity contribution in [3.63, 3.8) is 0 Å². The number of hydrogen-bond donors (Lipinski definition) is 4. The van der Waals surface area contributed by atoms with Crippen LogP contribution in [0.3, 0.4) is 0 Å². The number of phenols is 1. The molecule has 0 fully saturated rings. The van der Waals surface area contributed by atoms with Gasteiger partial charge in [0.25, 0.3) is 0 Å². The third kappa shape index (κ3) is 1.63. The van der Waals surface area contributed by atoms with Crippen LogP contribution in [0.25, 0.3) is 0 Å². The Morgan fingerprint density at radius 2 is 1.92 bits per heavy atom. The average molecular weight is 190 g/mol. The summed E-state index contributed by atoms with van der Waals surface area (Å²) in [5.41, 5.74) is 0. The Balaban J connectivity index is 3.20. The monoisotopic (exact) mass is 190 g/mol. The number of rotatable bonds is 2. The van der Waals surface area contributed by atoms with Gasteiger partial charge in [-0.3, -0.25) is 4.55 Å². The predicted octanol–water partition coefficient (Wildman–Crippen LogP) is 0.191. The third-order valence-corrected chi connectivity index (χ3v) is 2.96. The van der Waals surface area contributed by atoms with Gasteiger partial charge in [0.2, 0.25) is 0 Å².